The first-order valence-electron chi connectivity index (χ1n) is 10.8. The summed E-state index contributed by atoms with van der Waals surface area (Å²) in [7, 11) is 0. The molecule has 0 unspecified atom stereocenters. The zero-order valence-electron chi connectivity index (χ0n) is 18.5. The van der Waals surface area contributed by atoms with Crippen molar-refractivity contribution in [3.8, 4) is 29.4 Å². The molecule has 166 valence electrons. The van der Waals surface area contributed by atoms with Crippen LogP contribution in [0.5, 0.6) is 17.2 Å². The average Bonchev–Trinajstić information content (AvgIpc) is 2.90. The fourth-order valence-corrected chi connectivity index (χ4v) is 3.33. The molecule has 0 aliphatic rings. The van der Waals surface area contributed by atoms with E-state index in [0.29, 0.717) is 36.0 Å². The van der Waals surface area contributed by atoms with Crippen molar-refractivity contribution in [1.82, 2.24) is 0 Å². The van der Waals surface area contributed by atoms with Crippen molar-refractivity contribution >= 4 is 0 Å². The van der Waals surface area contributed by atoms with Crippen LogP contribution >= 0.6 is 0 Å². The zero-order chi connectivity index (χ0) is 23.6. The summed E-state index contributed by atoms with van der Waals surface area (Å²) in [6.45, 7) is 1.12. The Morgan fingerprint density at radius 3 is 1.50 bits per heavy atom. The molecule has 0 N–H and O–H groups in total. The summed E-state index contributed by atoms with van der Waals surface area (Å²) in [6.07, 6.45) is 0. The van der Waals surface area contributed by atoms with Crippen LogP contribution in [0.15, 0.2) is 97.1 Å². The van der Waals surface area contributed by atoms with E-state index in [4.69, 9.17) is 19.5 Å². The number of rotatable bonds is 9. The largest absolute Gasteiger partial charge is 0.489 e. The maximum absolute atomic E-state index is 9.25. The van der Waals surface area contributed by atoms with E-state index in [1.165, 1.54) is 0 Å². The average molecular weight is 447 g/mol. The highest BCUT2D eigenvalue weighted by atomic mass is 16.5. The number of hydrogen-bond donors (Lipinski definition) is 0. The van der Waals surface area contributed by atoms with Gasteiger partial charge in [0.05, 0.1) is 11.1 Å². The molecule has 0 atom stereocenters. The van der Waals surface area contributed by atoms with Crippen LogP contribution in [-0.2, 0) is 19.8 Å². The van der Waals surface area contributed by atoms with Gasteiger partial charge in [-0.05, 0) is 47.0 Å². The van der Waals surface area contributed by atoms with Gasteiger partial charge in [0, 0.05) is 6.07 Å². The third-order valence-electron chi connectivity index (χ3n) is 5.07. The number of benzene rings is 4. The standard InChI is InChI=1S/C29H22N2O3/c30-17-25-11-12-27(15-26(25)18-31)32-21-24-13-28(33-19-22-7-3-1-4-8-22)16-29(14-24)34-20-23-9-5-2-6-10-23/h1-16H,19-21H2. The Labute approximate surface area is 199 Å². The molecule has 5 heteroatoms. The van der Waals surface area contributed by atoms with Gasteiger partial charge in [0.15, 0.2) is 0 Å². The summed E-state index contributed by atoms with van der Waals surface area (Å²) in [4.78, 5) is 0. The Balaban J connectivity index is 1.51. The molecule has 34 heavy (non-hydrogen) atoms. The third kappa shape index (κ3) is 6.16. The van der Waals surface area contributed by atoms with Crippen molar-refractivity contribution in [1.29, 1.82) is 10.5 Å². The molecule has 0 saturated heterocycles. The molecule has 0 aliphatic carbocycles. The van der Waals surface area contributed by atoms with Gasteiger partial charge in [0.1, 0.15) is 49.2 Å². The minimum absolute atomic E-state index is 0.251. The summed E-state index contributed by atoms with van der Waals surface area (Å²) in [5, 5.41) is 18.4. The van der Waals surface area contributed by atoms with Crippen molar-refractivity contribution < 1.29 is 14.2 Å². The topological polar surface area (TPSA) is 75.3 Å². The Bertz CT molecular complexity index is 1260. The van der Waals surface area contributed by atoms with Crippen LogP contribution in [0.3, 0.4) is 0 Å². The smallest absolute Gasteiger partial charge is 0.123 e. The van der Waals surface area contributed by atoms with E-state index in [0.717, 1.165) is 16.7 Å². The molecule has 0 heterocycles. The molecule has 4 aromatic rings. The van der Waals surface area contributed by atoms with E-state index in [1.54, 1.807) is 18.2 Å². The molecule has 4 rings (SSSR count). The lowest BCUT2D eigenvalue weighted by Crippen LogP contribution is -2.01. The van der Waals surface area contributed by atoms with Crippen LogP contribution in [0.2, 0.25) is 0 Å². The fourth-order valence-electron chi connectivity index (χ4n) is 3.33. The number of nitrogens with zero attached hydrogens (tertiary/aromatic N) is 2. The minimum Gasteiger partial charge on any atom is -0.489 e. The lowest BCUT2D eigenvalue weighted by molar-refractivity contribution is 0.281. The fraction of sp³-hybridized carbons (Fsp3) is 0.103. The Morgan fingerprint density at radius 1 is 0.471 bits per heavy atom. The van der Waals surface area contributed by atoms with Crippen molar-refractivity contribution in [2.24, 2.45) is 0 Å². The molecule has 0 bridgehead atoms. The van der Waals surface area contributed by atoms with Crippen LogP contribution in [-0.4, -0.2) is 0 Å². The van der Waals surface area contributed by atoms with Crippen LogP contribution in [0.1, 0.15) is 27.8 Å². The zero-order valence-corrected chi connectivity index (χ0v) is 18.5. The molecule has 0 amide bonds. The molecule has 4 aromatic carbocycles. The summed E-state index contributed by atoms with van der Waals surface area (Å²) in [5.41, 5.74) is 3.60. The van der Waals surface area contributed by atoms with E-state index < -0.39 is 0 Å². The second kappa shape index (κ2) is 11.2. The molecule has 5 nitrogen and oxygen atoms in total. The van der Waals surface area contributed by atoms with E-state index in [9.17, 15) is 5.26 Å². The van der Waals surface area contributed by atoms with Crippen molar-refractivity contribution in [2.75, 3.05) is 0 Å². The van der Waals surface area contributed by atoms with Gasteiger partial charge < -0.3 is 14.2 Å². The Kier molecular flexibility index (Phi) is 7.41. The van der Waals surface area contributed by atoms with E-state index in [1.807, 2.05) is 91.0 Å². The number of nitriles is 2. The summed E-state index contributed by atoms with van der Waals surface area (Å²) in [5.74, 6) is 1.86. The van der Waals surface area contributed by atoms with Gasteiger partial charge in [0.25, 0.3) is 0 Å². The maximum atomic E-state index is 9.25. The highest BCUT2D eigenvalue weighted by Crippen LogP contribution is 2.26. The molecular weight excluding hydrogens is 424 g/mol. The molecule has 0 radical (unpaired) electrons. The second-order valence-electron chi connectivity index (χ2n) is 7.58. The van der Waals surface area contributed by atoms with Gasteiger partial charge in [-0.3, -0.25) is 0 Å². The van der Waals surface area contributed by atoms with Crippen LogP contribution in [0.4, 0.5) is 0 Å². The second-order valence-corrected chi connectivity index (χ2v) is 7.58. The van der Waals surface area contributed by atoms with Gasteiger partial charge in [-0.1, -0.05) is 60.7 Å². The van der Waals surface area contributed by atoms with Crippen LogP contribution in [0.25, 0.3) is 0 Å². The van der Waals surface area contributed by atoms with Gasteiger partial charge in [0.2, 0.25) is 0 Å². The summed E-state index contributed by atoms with van der Waals surface area (Å²) >= 11 is 0. The third-order valence-corrected chi connectivity index (χ3v) is 5.07. The maximum Gasteiger partial charge on any atom is 0.123 e. The molecular formula is C29H22N2O3. The van der Waals surface area contributed by atoms with Gasteiger partial charge in [-0.15, -0.1) is 0 Å². The van der Waals surface area contributed by atoms with Crippen LogP contribution < -0.4 is 14.2 Å². The summed E-state index contributed by atoms with van der Waals surface area (Å²) in [6, 6.07) is 34.4. The van der Waals surface area contributed by atoms with Crippen molar-refractivity contribution in [3.05, 3.63) is 125 Å². The Hall–Kier alpha value is -4.74. The molecule has 0 spiro atoms. The normalized spacial score (nSPS) is 10.1. The first-order valence-corrected chi connectivity index (χ1v) is 10.8. The molecule has 0 aromatic heterocycles. The SMILES string of the molecule is N#Cc1ccc(OCc2cc(OCc3ccccc3)cc(OCc3ccccc3)c2)cc1C#N. The van der Waals surface area contributed by atoms with E-state index in [-0.39, 0.29) is 12.2 Å². The molecule has 0 fully saturated rings. The lowest BCUT2D eigenvalue weighted by atomic mass is 10.1. The van der Waals surface area contributed by atoms with Gasteiger partial charge >= 0.3 is 0 Å². The quantitative estimate of drug-likeness (QED) is 0.307. The van der Waals surface area contributed by atoms with E-state index in [2.05, 4.69) is 0 Å². The number of hydrogen-bond acceptors (Lipinski definition) is 5. The van der Waals surface area contributed by atoms with Gasteiger partial charge in [-0.25, -0.2) is 0 Å². The monoisotopic (exact) mass is 446 g/mol. The van der Waals surface area contributed by atoms with Crippen molar-refractivity contribution in [2.45, 2.75) is 19.8 Å². The number of ether oxygens (including phenoxy) is 3. The highest BCUT2D eigenvalue weighted by molar-refractivity contribution is 5.49. The summed E-state index contributed by atoms with van der Waals surface area (Å²) < 4.78 is 18.0. The van der Waals surface area contributed by atoms with Gasteiger partial charge in [-0.2, -0.15) is 10.5 Å². The minimum atomic E-state index is 0.251. The predicted octanol–water partition coefficient (Wildman–Crippen LogP) is 6.17. The first-order chi connectivity index (χ1) is 16.7. The molecule has 0 saturated carbocycles. The lowest BCUT2D eigenvalue weighted by Gasteiger charge is -2.14. The van der Waals surface area contributed by atoms with Crippen molar-refractivity contribution in [3.63, 3.8) is 0 Å². The first kappa shape index (κ1) is 22.5. The van der Waals surface area contributed by atoms with E-state index >= 15 is 0 Å². The Morgan fingerprint density at radius 2 is 0.971 bits per heavy atom. The predicted molar refractivity (Wildman–Crippen MR) is 128 cm³/mol. The molecule has 0 aliphatic heterocycles. The van der Waals surface area contributed by atoms with Crippen LogP contribution in [0, 0.1) is 22.7 Å². The highest BCUT2D eigenvalue weighted by Gasteiger charge is 2.08.